The van der Waals surface area contributed by atoms with Gasteiger partial charge in [-0.05, 0) is 57.2 Å². The van der Waals surface area contributed by atoms with Crippen molar-refractivity contribution in [2.24, 2.45) is 5.92 Å². The van der Waals surface area contributed by atoms with Gasteiger partial charge in [0.25, 0.3) is 0 Å². The van der Waals surface area contributed by atoms with E-state index in [-0.39, 0.29) is 23.4 Å². The lowest BCUT2D eigenvalue weighted by Crippen LogP contribution is -2.18. The topological polar surface area (TPSA) is 20.2 Å². The molecule has 0 spiro atoms. The van der Waals surface area contributed by atoms with E-state index in [9.17, 15) is 9.50 Å². The molecule has 1 aromatic rings. The number of benzene rings is 1. The first kappa shape index (κ1) is 13.9. The van der Waals surface area contributed by atoms with Crippen LogP contribution in [0.4, 0.5) is 4.39 Å². The van der Waals surface area contributed by atoms with E-state index in [0.717, 1.165) is 24.0 Å². The zero-order chi connectivity index (χ0) is 14.2. The van der Waals surface area contributed by atoms with Crippen molar-refractivity contribution < 1.29 is 9.50 Å². The number of hydrogen-bond donors (Lipinski definition) is 1. The van der Waals surface area contributed by atoms with Crippen LogP contribution >= 0.6 is 0 Å². The van der Waals surface area contributed by atoms with Crippen LogP contribution in [-0.4, -0.2) is 5.11 Å². The molecule has 1 aliphatic rings. The fourth-order valence-corrected chi connectivity index (χ4v) is 2.97. The third-order valence-corrected chi connectivity index (χ3v) is 3.97. The van der Waals surface area contributed by atoms with Crippen molar-refractivity contribution in [3.05, 3.63) is 52.9 Å². The Hall–Kier alpha value is -1.57. The summed E-state index contributed by atoms with van der Waals surface area (Å²) in [7, 11) is 0. The van der Waals surface area contributed by atoms with Crippen molar-refractivity contribution in [1.82, 2.24) is 0 Å². The van der Waals surface area contributed by atoms with Gasteiger partial charge in [-0.3, -0.25) is 0 Å². The number of phenolic OH excluding ortho intramolecular Hbond substituents is 1. The van der Waals surface area contributed by atoms with E-state index in [2.05, 4.69) is 19.6 Å². The maximum Gasteiger partial charge on any atom is 0.130 e. The number of allylic oxidation sites excluding steroid dienone is 3. The van der Waals surface area contributed by atoms with Crippen LogP contribution < -0.4 is 0 Å². The summed E-state index contributed by atoms with van der Waals surface area (Å²) in [4.78, 5) is 0. The van der Waals surface area contributed by atoms with E-state index in [1.807, 2.05) is 6.92 Å². The Labute approximate surface area is 114 Å². The molecule has 1 aliphatic carbocycles. The van der Waals surface area contributed by atoms with Gasteiger partial charge in [-0.25, -0.2) is 4.39 Å². The van der Waals surface area contributed by atoms with Crippen LogP contribution in [0.5, 0.6) is 5.75 Å². The minimum absolute atomic E-state index is 0.0553. The minimum Gasteiger partial charge on any atom is -0.508 e. The highest BCUT2D eigenvalue weighted by molar-refractivity contribution is 5.44. The summed E-state index contributed by atoms with van der Waals surface area (Å²) in [5.41, 5.74) is 3.45. The second kappa shape index (κ2) is 5.20. The summed E-state index contributed by atoms with van der Waals surface area (Å²) >= 11 is 0. The third kappa shape index (κ3) is 2.73. The van der Waals surface area contributed by atoms with Gasteiger partial charge in [-0.2, -0.15) is 0 Å². The molecule has 0 amide bonds. The van der Waals surface area contributed by atoms with Crippen LogP contribution in [-0.2, 0) is 0 Å². The average Bonchev–Trinajstić information content (AvgIpc) is 2.27. The molecule has 0 bridgehead atoms. The zero-order valence-electron chi connectivity index (χ0n) is 11.8. The van der Waals surface area contributed by atoms with E-state index in [0.29, 0.717) is 5.56 Å². The Balaban J connectivity index is 2.54. The molecule has 0 fully saturated rings. The van der Waals surface area contributed by atoms with Crippen molar-refractivity contribution in [2.45, 2.75) is 39.5 Å². The van der Waals surface area contributed by atoms with Gasteiger partial charge in [0.15, 0.2) is 0 Å². The maximum absolute atomic E-state index is 14.2. The lowest BCUT2D eigenvalue weighted by atomic mass is 9.74. The van der Waals surface area contributed by atoms with Crippen LogP contribution in [0.3, 0.4) is 0 Å². The Morgan fingerprint density at radius 3 is 2.63 bits per heavy atom. The maximum atomic E-state index is 14.2. The van der Waals surface area contributed by atoms with Crippen molar-refractivity contribution >= 4 is 0 Å². The quantitative estimate of drug-likeness (QED) is 0.753. The van der Waals surface area contributed by atoms with E-state index in [4.69, 9.17) is 0 Å². The van der Waals surface area contributed by atoms with E-state index >= 15 is 0 Å². The zero-order valence-corrected chi connectivity index (χ0v) is 11.8. The highest BCUT2D eigenvalue weighted by Gasteiger charge is 2.29. The first-order chi connectivity index (χ1) is 8.90. The molecular weight excluding hydrogens is 239 g/mol. The molecule has 102 valence electrons. The molecule has 0 radical (unpaired) electrons. The van der Waals surface area contributed by atoms with Gasteiger partial charge >= 0.3 is 0 Å². The molecule has 0 saturated heterocycles. The highest BCUT2D eigenvalue weighted by atomic mass is 19.1. The van der Waals surface area contributed by atoms with Crippen molar-refractivity contribution in [3.63, 3.8) is 0 Å². The fraction of sp³-hybridized carbons (Fsp3) is 0.412. The first-order valence-corrected chi connectivity index (χ1v) is 6.72. The van der Waals surface area contributed by atoms with Gasteiger partial charge in [-0.1, -0.05) is 23.8 Å². The predicted octanol–water partition coefficient (Wildman–Crippen LogP) is 4.86. The minimum atomic E-state index is -0.320. The molecule has 2 atom stereocenters. The Bertz CT molecular complexity index is 519. The molecule has 0 heterocycles. The number of halogens is 1. The number of aromatic hydroxyl groups is 1. The smallest absolute Gasteiger partial charge is 0.130 e. The second-order valence-corrected chi connectivity index (χ2v) is 5.71. The number of phenols is 1. The van der Waals surface area contributed by atoms with Gasteiger partial charge in [0.1, 0.15) is 11.6 Å². The number of aryl methyl sites for hydroxylation is 1. The summed E-state index contributed by atoms with van der Waals surface area (Å²) < 4.78 is 14.2. The molecule has 2 unspecified atom stereocenters. The molecule has 0 aromatic heterocycles. The molecule has 1 nitrogen and oxygen atoms in total. The largest absolute Gasteiger partial charge is 0.508 e. The highest BCUT2D eigenvalue weighted by Crippen LogP contribution is 2.43. The molecule has 1 N–H and O–H groups in total. The fourth-order valence-electron chi connectivity index (χ4n) is 2.97. The first-order valence-electron chi connectivity index (χ1n) is 6.72. The second-order valence-electron chi connectivity index (χ2n) is 5.71. The SMILES string of the molecule is C=C(C)C1CCC(C)=CC1c1c(O)cc(C)cc1F. The van der Waals surface area contributed by atoms with Gasteiger partial charge in [0.2, 0.25) is 0 Å². The molecule has 19 heavy (non-hydrogen) atoms. The average molecular weight is 260 g/mol. The molecule has 2 rings (SSSR count). The number of rotatable bonds is 2. The third-order valence-electron chi connectivity index (χ3n) is 3.97. The van der Waals surface area contributed by atoms with E-state index < -0.39 is 0 Å². The monoisotopic (exact) mass is 260 g/mol. The lowest BCUT2D eigenvalue weighted by molar-refractivity contribution is 0.421. The molecule has 1 aromatic carbocycles. The summed E-state index contributed by atoms with van der Waals surface area (Å²) in [6, 6.07) is 3.12. The van der Waals surface area contributed by atoms with Gasteiger partial charge in [0, 0.05) is 11.5 Å². The summed E-state index contributed by atoms with van der Waals surface area (Å²) in [5.74, 6) is -0.168. The molecule has 0 aliphatic heterocycles. The van der Waals surface area contributed by atoms with Crippen LogP contribution in [0.25, 0.3) is 0 Å². The van der Waals surface area contributed by atoms with E-state index in [1.165, 1.54) is 11.6 Å². The Kier molecular flexibility index (Phi) is 3.79. The van der Waals surface area contributed by atoms with Crippen LogP contribution in [0, 0.1) is 18.7 Å². The molecule has 0 saturated carbocycles. The van der Waals surface area contributed by atoms with Gasteiger partial charge in [0.05, 0.1) is 0 Å². The summed E-state index contributed by atoms with van der Waals surface area (Å²) in [6.07, 6.45) is 4.06. The number of hydrogen-bond acceptors (Lipinski definition) is 1. The molecular formula is C17H21FO. The summed E-state index contributed by atoms with van der Waals surface area (Å²) in [6.45, 7) is 9.85. The summed E-state index contributed by atoms with van der Waals surface area (Å²) in [5, 5.41) is 10.1. The lowest BCUT2D eigenvalue weighted by Gasteiger charge is -2.31. The van der Waals surface area contributed by atoms with Crippen molar-refractivity contribution in [1.29, 1.82) is 0 Å². The van der Waals surface area contributed by atoms with Crippen LogP contribution in [0.15, 0.2) is 35.9 Å². The normalized spacial score (nSPS) is 23.1. The molecule has 2 heteroatoms. The predicted molar refractivity (Wildman–Crippen MR) is 76.8 cm³/mol. The standard InChI is InChI=1S/C17H21FO/c1-10(2)13-6-5-11(3)7-14(13)17-15(18)8-12(4)9-16(17)19/h7-9,13-14,19H,1,5-6H2,2-4H3. The van der Waals surface area contributed by atoms with Crippen LogP contribution in [0.1, 0.15) is 43.7 Å². The van der Waals surface area contributed by atoms with Gasteiger partial charge < -0.3 is 5.11 Å². The van der Waals surface area contributed by atoms with Crippen molar-refractivity contribution in [2.75, 3.05) is 0 Å². The Morgan fingerprint density at radius 2 is 2.05 bits per heavy atom. The van der Waals surface area contributed by atoms with Crippen LogP contribution in [0.2, 0.25) is 0 Å². The van der Waals surface area contributed by atoms with E-state index in [1.54, 1.807) is 13.0 Å². The van der Waals surface area contributed by atoms with Gasteiger partial charge in [-0.15, -0.1) is 0 Å². The van der Waals surface area contributed by atoms with Crippen molar-refractivity contribution in [3.8, 4) is 5.75 Å². The Morgan fingerprint density at radius 1 is 1.37 bits per heavy atom.